The summed E-state index contributed by atoms with van der Waals surface area (Å²) in [4.78, 5) is 155. The van der Waals surface area contributed by atoms with Gasteiger partial charge in [0.25, 0.3) is 17.7 Å². The molecule has 9 N–H and O–H groups in total. The molecule has 2 aromatic carbocycles. The number of ether oxygens (including phenoxy) is 2. The van der Waals surface area contributed by atoms with Crippen molar-refractivity contribution >= 4 is 82.4 Å². The van der Waals surface area contributed by atoms with Gasteiger partial charge in [0.1, 0.15) is 47.6 Å². The summed E-state index contributed by atoms with van der Waals surface area (Å²) in [7, 11) is 1.48. The molecule has 0 fully saturated rings. The van der Waals surface area contributed by atoms with Crippen molar-refractivity contribution in [3.63, 3.8) is 0 Å². The Hall–Kier alpha value is -8.26. The van der Waals surface area contributed by atoms with Gasteiger partial charge >= 0.3 is 18.1 Å². The molecule has 522 valence electrons. The number of thiazole rings is 1. The van der Waals surface area contributed by atoms with Crippen LogP contribution in [-0.2, 0) is 60.9 Å². The topological polar surface area (TPSA) is 347 Å². The average molecular weight is 1340 g/mol. The van der Waals surface area contributed by atoms with Crippen LogP contribution in [0.15, 0.2) is 66.1 Å². The number of unbranched alkanes of at least 4 members (excludes halogenated alkanes) is 2. The first-order valence-electron chi connectivity index (χ1n) is 33.5. The van der Waals surface area contributed by atoms with E-state index in [2.05, 4.69) is 31.9 Å². The lowest BCUT2D eigenvalue weighted by molar-refractivity contribution is -0.143. The second-order valence-electron chi connectivity index (χ2n) is 25.5. The smallest absolute Gasteiger partial charge is 0.410 e. The van der Waals surface area contributed by atoms with E-state index in [0.717, 1.165) is 16.0 Å². The van der Waals surface area contributed by atoms with Gasteiger partial charge in [-0.3, -0.25) is 53.0 Å². The molecule has 0 spiro atoms. The van der Waals surface area contributed by atoms with E-state index >= 15 is 4.79 Å². The third-order valence-electron chi connectivity index (χ3n) is 17.5. The number of rotatable bonds is 39. The third kappa shape index (κ3) is 23.0. The van der Waals surface area contributed by atoms with E-state index in [-0.39, 0.29) is 98.4 Å². The van der Waals surface area contributed by atoms with E-state index in [4.69, 9.17) is 20.2 Å². The molecule has 3 aromatic rings. The fourth-order valence-electron chi connectivity index (χ4n) is 11.7. The highest BCUT2D eigenvalue weighted by atomic mass is 32.1. The highest BCUT2D eigenvalue weighted by Crippen LogP contribution is 2.34. The number of carboxylic acid groups (broad SMARTS) is 1. The predicted octanol–water partition coefficient (Wildman–Crippen LogP) is 7.89. The first-order valence-corrected chi connectivity index (χ1v) is 34.4. The number of imide groups is 1. The molecule has 26 heteroatoms. The molecular formula is C69H101N11O14S. The number of aliphatic carboxylic acids is 1. The number of fused-ring (bicyclic) bond motifs is 1. The van der Waals surface area contributed by atoms with Crippen LogP contribution in [0.25, 0.3) is 0 Å². The number of carboxylic acids is 1. The van der Waals surface area contributed by atoms with E-state index in [1.165, 1.54) is 35.4 Å². The van der Waals surface area contributed by atoms with Crippen LogP contribution >= 0.6 is 11.3 Å². The Morgan fingerprint density at radius 1 is 0.789 bits per heavy atom. The Morgan fingerprint density at radius 3 is 2.09 bits per heavy atom. The van der Waals surface area contributed by atoms with Crippen molar-refractivity contribution in [2.24, 2.45) is 29.4 Å². The fourth-order valence-corrected chi connectivity index (χ4v) is 12.6. The summed E-state index contributed by atoms with van der Waals surface area (Å²) >= 11 is 1.28. The van der Waals surface area contributed by atoms with E-state index < -0.39 is 90.0 Å². The lowest BCUT2D eigenvalue weighted by Gasteiger charge is -2.40. The second kappa shape index (κ2) is 38.3. The van der Waals surface area contributed by atoms with Crippen molar-refractivity contribution in [3.8, 4) is 0 Å². The van der Waals surface area contributed by atoms with Gasteiger partial charge in [-0.2, -0.15) is 0 Å². The van der Waals surface area contributed by atoms with E-state index in [0.29, 0.717) is 87.2 Å². The molecule has 2 aliphatic rings. The molecule has 0 radical (unpaired) electrons. The number of hydrogen-bond donors (Lipinski definition) is 8. The van der Waals surface area contributed by atoms with Gasteiger partial charge in [0.05, 0.1) is 5.92 Å². The molecule has 25 nitrogen and oxygen atoms in total. The number of anilines is 1. The zero-order valence-corrected chi connectivity index (χ0v) is 57.9. The van der Waals surface area contributed by atoms with Gasteiger partial charge in [-0.05, 0) is 104 Å². The normalized spacial score (nSPS) is 16.9. The first kappa shape index (κ1) is 77.4. The number of urea groups is 1. The maximum atomic E-state index is 15.3. The van der Waals surface area contributed by atoms with Gasteiger partial charge in [-0.1, -0.05) is 125 Å². The summed E-state index contributed by atoms with van der Waals surface area (Å²) in [5.41, 5.74) is 7.96. The minimum absolute atomic E-state index is 0.0888. The monoisotopic (exact) mass is 1340 g/mol. The molecule has 1 aromatic heterocycles. The number of hydrogen-bond acceptors (Lipinski definition) is 15. The molecule has 10 atom stereocenters. The lowest BCUT2D eigenvalue weighted by Crippen LogP contribution is -2.59. The minimum Gasteiger partial charge on any atom is -0.481 e. The van der Waals surface area contributed by atoms with Gasteiger partial charge in [-0.25, -0.2) is 14.6 Å². The summed E-state index contributed by atoms with van der Waals surface area (Å²) in [6.07, 6.45) is 6.40. The largest absolute Gasteiger partial charge is 0.481 e. The number of nitrogens with one attached hydrogen (secondary N) is 6. The molecule has 95 heavy (non-hydrogen) atoms. The number of primary amides is 1. The number of amides is 11. The molecule has 5 rings (SSSR count). The van der Waals surface area contributed by atoms with Crippen LogP contribution in [0.1, 0.15) is 190 Å². The summed E-state index contributed by atoms with van der Waals surface area (Å²) < 4.78 is 12.3. The number of benzene rings is 2. The van der Waals surface area contributed by atoms with Crippen molar-refractivity contribution in [1.29, 1.82) is 0 Å². The van der Waals surface area contributed by atoms with Crippen LogP contribution in [0.3, 0.4) is 0 Å². The standard InChI is InChI=1S/C69H101N11O14S/c1-12-33-79(53(41(5)6)38-54(93-35-13-2)65-75-52(40-95-65)62(85)73-48-36-46-22-18-19-23-49(46)50(37-48)67(89)90)66(88)59(43(9)14-3)77-64(87)60(44(10)15-4)78(11)69(92)94-39-45-26-28-47(29-27-45)72-61(84)51(24-21-32-71-68(70)91)74-63(86)58(42(7)8)76-55(81)25-17-16-20-34-80-56(82)30-31-57(80)83/h18-19,22-23,26-31,40-44,48,50-51,53-54,58-60H,12-17,20-21,24-25,32-39H2,1-11H3,(H,72,84)(H,73,85)(H,74,86)(H,76,81)(H,77,87)(H,89,90)(H3,70,71,91)/t43-,44-,48-,50+,51-,53?,54+,58?,59-,60-/m0/s1. The average Bonchev–Trinajstić information content (AvgIpc) is 1.87. The molecule has 0 saturated heterocycles. The maximum absolute atomic E-state index is 15.3. The number of carbonyl (C=O) groups excluding carboxylic acids is 10. The lowest BCUT2D eigenvalue weighted by atomic mass is 9.80. The summed E-state index contributed by atoms with van der Waals surface area (Å²) in [6, 6.07) is 8.12. The molecular weight excluding hydrogens is 1240 g/mol. The van der Waals surface area contributed by atoms with Crippen molar-refractivity contribution in [1.82, 2.24) is 46.3 Å². The highest BCUT2D eigenvalue weighted by molar-refractivity contribution is 7.09. The zero-order valence-electron chi connectivity index (χ0n) is 57.0. The van der Waals surface area contributed by atoms with Crippen LogP contribution in [0, 0.1) is 23.7 Å². The maximum Gasteiger partial charge on any atom is 0.410 e. The van der Waals surface area contributed by atoms with Crippen molar-refractivity contribution in [2.45, 2.75) is 208 Å². The van der Waals surface area contributed by atoms with Gasteiger partial charge in [-0.15, -0.1) is 11.3 Å². The van der Waals surface area contributed by atoms with E-state index in [1.54, 1.807) is 43.5 Å². The predicted molar refractivity (Wildman–Crippen MR) is 360 cm³/mol. The summed E-state index contributed by atoms with van der Waals surface area (Å²) in [6.45, 7) is 20.0. The number of nitrogens with two attached hydrogens (primary N) is 1. The Kier molecular flexibility index (Phi) is 31.2. The third-order valence-corrected chi connectivity index (χ3v) is 18.5. The number of nitrogens with zero attached hydrogens (tertiary/aromatic N) is 4. The molecule has 1 aliphatic carbocycles. The van der Waals surface area contributed by atoms with Gasteiger partial charge < -0.3 is 57.1 Å². The Balaban J connectivity index is 1.22. The molecule has 0 bridgehead atoms. The van der Waals surface area contributed by atoms with Crippen LogP contribution in [0.2, 0.25) is 0 Å². The molecule has 11 amide bonds. The number of aromatic nitrogens is 1. The van der Waals surface area contributed by atoms with Gasteiger partial charge in [0.15, 0.2) is 0 Å². The Labute approximate surface area is 562 Å². The van der Waals surface area contributed by atoms with E-state index in [1.807, 2.05) is 84.6 Å². The Morgan fingerprint density at radius 2 is 1.47 bits per heavy atom. The van der Waals surface area contributed by atoms with Crippen LogP contribution in [-0.4, -0.2) is 160 Å². The van der Waals surface area contributed by atoms with Crippen LogP contribution < -0.4 is 37.6 Å². The number of carbonyl (C=O) groups is 11. The zero-order chi connectivity index (χ0) is 70.1. The molecule has 0 saturated carbocycles. The Bertz CT molecular complexity index is 3120. The second-order valence-corrected chi connectivity index (χ2v) is 26.4. The minimum atomic E-state index is -1.11. The molecule has 1 aliphatic heterocycles. The van der Waals surface area contributed by atoms with E-state index in [9.17, 15) is 53.1 Å². The fraction of sp³-hybridized carbons (Fsp3) is 0.594. The highest BCUT2D eigenvalue weighted by Gasteiger charge is 2.41. The summed E-state index contributed by atoms with van der Waals surface area (Å²) in [5.74, 6) is -6.41. The van der Waals surface area contributed by atoms with Crippen molar-refractivity contribution in [2.75, 3.05) is 38.6 Å². The van der Waals surface area contributed by atoms with Gasteiger partial charge in [0, 0.05) is 81.4 Å². The van der Waals surface area contributed by atoms with Crippen LogP contribution in [0.4, 0.5) is 15.3 Å². The first-order chi connectivity index (χ1) is 45.2. The quantitative estimate of drug-likeness (QED) is 0.0199. The van der Waals surface area contributed by atoms with Crippen molar-refractivity contribution in [3.05, 3.63) is 93.5 Å². The number of likely N-dealkylation sites (N-methyl/N-ethyl adjacent to an activating group) is 1. The molecule has 2 unspecified atom stereocenters. The van der Waals surface area contributed by atoms with Gasteiger partial charge in [0.2, 0.25) is 29.5 Å². The SMILES string of the molecule is CCCO[C@H](CC(C(C)C)N(CCC)C(=O)[C@@H](NC(=O)[C@H]([C@@H](C)CC)N(C)C(=O)OCc1ccc(NC(=O)[C@H](CCCNC(N)=O)NC(=O)C(NC(=O)CCCCCN2C(=O)C=CC2=O)C(C)C)cc1)[C@@H](C)CC)c1nc(C(=O)N[C@H]2Cc3ccccc3[C@H](C(=O)O)C2)cs1. The summed E-state index contributed by atoms with van der Waals surface area (Å²) in [5, 5.41) is 29.2. The van der Waals surface area contributed by atoms with Crippen LogP contribution in [0.5, 0.6) is 0 Å². The molecule has 2 heterocycles. The van der Waals surface area contributed by atoms with Crippen molar-refractivity contribution < 1.29 is 67.3 Å².